The molecule has 3 heteroatoms. The summed E-state index contributed by atoms with van der Waals surface area (Å²) in [6.45, 7) is 8.21. The number of nitrogens with two attached hydrogens (primary N) is 1. The normalized spacial score (nSPS) is 10.7. The van der Waals surface area contributed by atoms with Crippen molar-refractivity contribution in [2.75, 3.05) is 5.73 Å². The van der Waals surface area contributed by atoms with Crippen LogP contribution in [0.1, 0.15) is 29.3 Å². The number of aryl methyl sites for hydroxylation is 3. The fourth-order valence-electron chi connectivity index (χ4n) is 2.16. The van der Waals surface area contributed by atoms with Crippen molar-refractivity contribution in [1.82, 2.24) is 9.97 Å². The lowest BCUT2D eigenvalue weighted by Crippen LogP contribution is -2.04. The number of rotatable bonds is 2. The largest absolute Gasteiger partial charge is 0.383 e. The molecule has 94 valence electrons. The fraction of sp³-hybridized carbons (Fsp3) is 0.333. The van der Waals surface area contributed by atoms with Crippen molar-refractivity contribution in [3.63, 3.8) is 0 Å². The van der Waals surface area contributed by atoms with E-state index < -0.39 is 0 Å². The summed E-state index contributed by atoms with van der Waals surface area (Å²) in [5, 5.41) is 0. The van der Waals surface area contributed by atoms with Gasteiger partial charge in [-0.2, -0.15) is 0 Å². The molecule has 0 fully saturated rings. The first-order chi connectivity index (χ1) is 8.51. The molecule has 1 heterocycles. The summed E-state index contributed by atoms with van der Waals surface area (Å²) in [6, 6.07) is 6.33. The van der Waals surface area contributed by atoms with E-state index in [-0.39, 0.29) is 0 Å². The van der Waals surface area contributed by atoms with Gasteiger partial charge in [-0.05, 0) is 39.3 Å². The molecule has 0 spiro atoms. The zero-order valence-electron chi connectivity index (χ0n) is 11.4. The first-order valence-corrected chi connectivity index (χ1v) is 6.23. The second-order valence-electron chi connectivity index (χ2n) is 4.73. The molecule has 2 rings (SSSR count). The van der Waals surface area contributed by atoms with Crippen LogP contribution in [0.3, 0.4) is 0 Å². The smallest absolute Gasteiger partial charge is 0.161 e. The predicted molar refractivity (Wildman–Crippen MR) is 75.5 cm³/mol. The molecule has 18 heavy (non-hydrogen) atoms. The molecule has 1 aromatic carbocycles. The Labute approximate surface area is 108 Å². The number of hydrogen-bond acceptors (Lipinski definition) is 3. The van der Waals surface area contributed by atoms with Gasteiger partial charge in [-0.25, -0.2) is 9.97 Å². The van der Waals surface area contributed by atoms with Crippen molar-refractivity contribution in [2.24, 2.45) is 0 Å². The molecule has 2 N–H and O–H groups in total. The van der Waals surface area contributed by atoms with E-state index >= 15 is 0 Å². The van der Waals surface area contributed by atoms with E-state index in [9.17, 15) is 0 Å². The minimum absolute atomic E-state index is 0.580. The molecular formula is C15H19N3. The van der Waals surface area contributed by atoms with Gasteiger partial charge >= 0.3 is 0 Å². The van der Waals surface area contributed by atoms with Crippen molar-refractivity contribution in [2.45, 2.75) is 34.1 Å². The number of aromatic nitrogens is 2. The van der Waals surface area contributed by atoms with Crippen LogP contribution in [0.25, 0.3) is 11.4 Å². The van der Waals surface area contributed by atoms with Crippen molar-refractivity contribution in [3.8, 4) is 11.4 Å². The van der Waals surface area contributed by atoms with Gasteiger partial charge in [-0.15, -0.1) is 0 Å². The van der Waals surface area contributed by atoms with Gasteiger partial charge in [0.05, 0.1) is 0 Å². The van der Waals surface area contributed by atoms with Gasteiger partial charge in [0.15, 0.2) is 5.82 Å². The quantitative estimate of drug-likeness (QED) is 0.878. The van der Waals surface area contributed by atoms with E-state index in [0.717, 1.165) is 29.1 Å². The van der Waals surface area contributed by atoms with E-state index in [0.29, 0.717) is 5.82 Å². The van der Waals surface area contributed by atoms with Gasteiger partial charge in [0.25, 0.3) is 0 Å². The van der Waals surface area contributed by atoms with Crippen LogP contribution < -0.4 is 5.73 Å². The Bertz CT molecular complexity index is 568. The number of hydrogen-bond donors (Lipinski definition) is 1. The molecule has 0 bridgehead atoms. The standard InChI is InChI=1S/C15H19N3/c1-5-13-11(4)14(16)18-15(17-13)12-7-9(2)6-10(3)8-12/h6-8H,5H2,1-4H3,(H2,16,17,18). The van der Waals surface area contributed by atoms with E-state index in [1.807, 2.05) is 6.92 Å². The van der Waals surface area contributed by atoms with Gasteiger partial charge in [-0.3, -0.25) is 0 Å². The van der Waals surface area contributed by atoms with Crippen LogP contribution in [-0.2, 0) is 6.42 Å². The molecule has 0 saturated heterocycles. The SMILES string of the molecule is CCc1nc(-c2cc(C)cc(C)c2)nc(N)c1C. The van der Waals surface area contributed by atoms with Crippen molar-refractivity contribution >= 4 is 5.82 Å². The molecule has 0 radical (unpaired) electrons. The molecule has 0 atom stereocenters. The number of anilines is 1. The maximum atomic E-state index is 5.96. The minimum Gasteiger partial charge on any atom is -0.383 e. The van der Waals surface area contributed by atoms with Crippen LogP contribution >= 0.6 is 0 Å². The zero-order chi connectivity index (χ0) is 13.3. The lowest BCUT2D eigenvalue weighted by Gasteiger charge is -2.09. The average Bonchev–Trinajstić information content (AvgIpc) is 2.31. The summed E-state index contributed by atoms with van der Waals surface area (Å²) in [7, 11) is 0. The monoisotopic (exact) mass is 241 g/mol. The Morgan fingerprint density at radius 3 is 2.17 bits per heavy atom. The number of nitrogen functional groups attached to an aromatic ring is 1. The Hall–Kier alpha value is -1.90. The van der Waals surface area contributed by atoms with Crippen LogP contribution in [-0.4, -0.2) is 9.97 Å². The van der Waals surface area contributed by atoms with Crippen LogP contribution in [0, 0.1) is 20.8 Å². The second kappa shape index (κ2) is 4.77. The molecule has 0 saturated carbocycles. The highest BCUT2D eigenvalue weighted by Gasteiger charge is 2.09. The molecule has 0 unspecified atom stereocenters. The highest BCUT2D eigenvalue weighted by atomic mass is 15.0. The molecular weight excluding hydrogens is 222 g/mol. The number of benzene rings is 1. The lowest BCUT2D eigenvalue weighted by atomic mass is 10.1. The van der Waals surface area contributed by atoms with Gasteiger partial charge in [0.1, 0.15) is 5.82 Å². The molecule has 0 aliphatic carbocycles. The molecule has 0 aliphatic rings. The molecule has 3 nitrogen and oxygen atoms in total. The van der Waals surface area contributed by atoms with E-state index in [2.05, 4.69) is 48.9 Å². The summed E-state index contributed by atoms with van der Waals surface area (Å²) in [4.78, 5) is 9.01. The molecule has 0 aliphatic heterocycles. The Morgan fingerprint density at radius 1 is 1.00 bits per heavy atom. The van der Waals surface area contributed by atoms with Gasteiger partial charge in [0, 0.05) is 16.8 Å². The third kappa shape index (κ3) is 2.35. The van der Waals surface area contributed by atoms with Crippen LogP contribution in [0.2, 0.25) is 0 Å². The first-order valence-electron chi connectivity index (χ1n) is 6.23. The maximum Gasteiger partial charge on any atom is 0.161 e. The fourth-order valence-corrected chi connectivity index (χ4v) is 2.16. The van der Waals surface area contributed by atoms with Crippen molar-refractivity contribution < 1.29 is 0 Å². The summed E-state index contributed by atoms with van der Waals surface area (Å²) >= 11 is 0. The van der Waals surface area contributed by atoms with Crippen LogP contribution in [0.4, 0.5) is 5.82 Å². The summed E-state index contributed by atoms with van der Waals surface area (Å²) in [5.74, 6) is 1.30. The van der Waals surface area contributed by atoms with Gasteiger partial charge in [-0.1, -0.05) is 24.1 Å². The highest BCUT2D eigenvalue weighted by molar-refractivity contribution is 5.60. The average molecular weight is 241 g/mol. The minimum atomic E-state index is 0.580. The Morgan fingerprint density at radius 2 is 1.61 bits per heavy atom. The Balaban J connectivity index is 2.60. The van der Waals surface area contributed by atoms with Gasteiger partial charge < -0.3 is 5.73 Å². The molecule has 2 aromatic rings. The van der Waals surface area contributed by atoms with Crippen molar-refractivity contribution in [3.05, 3.63) is 40.6 Å². The topological polar surface area (TPSA) is 51.8 Å². The molecule has 0 amide bonds. The van der Waals surface area contributed by atoms with E-state index in [1.165, 1.54) is 11.1 Å². The van der Waals surface area contributed by atoms with Crippen molar-refractivity contribution in [1.29, 1.82) is 0 Å². The summed E-state index contributed by atoms with van der Waals surface area (Å²) in [5.41, 5.74) is 11.4. The van der Waals surface area contributed by atoms with E-state index in [1.54, 1.807) is 0 Å². The Kier molecular flexibility index (Phi) is 3.32. The van der Waals surface area contributed by atoms with Crippen LogP contribution in [0.15, 0.2) is 18.2 Å². The summed E-state index contributed by atoms with van der Waals surface area (Å²) in [6.07, 6.45) is 0.871. The van der Waals surface area contributed by atoms with Gasteiger partial charge in [0.2, 0.25) is 0 Å². The number of nitrogens with zero attached hydrogens (tertiary/aromatic N) is 2. The third-order valence-corrected chi connectivity index (χ3v) is 3.10. The predicted octanol–water partition coefficient (Wildman–Crippen LogP) is 3.21. The highest BCUT2D eigenvalue weighted by Crippen LogP contribution is 2.22. The second-order valence-corrected chi connectivity index (χ2v) is 4.73. The van der Waals surface area contributed by atoms with Crippen LogP contribution in [0.5, 0.6) is 0 Å². The van der Waals surface area contributed by atoms with E-state index in [4.69, 9.17) is 5.73 Å². The maximum absolute atomic E-state index is 5.96. The lowest BCUT2D eigenvalue weighted by molar-refractivity contribution is 0.981. The molecule has 1 aromatic heterocycles. The first kappa shape index (κ1) is 12.6. The summed E-state index contributed by atoms with van der Waals surface area (Å²) < 4.78 is 0. The third-order valence-electron chi connectivity index (χ3n) is 3.10. The zero-order valence-corrected chi connectivity index (χ0v) is 11.4.